The van der Waals surface area contributed by atoms with Gasteiger partial charge in [0.25, 0.3) is 0 Å². The molecule has 0 saturated carbocycles. The normalized spacial score (nSPS) is 19.6. The van der Waals surface area contributed by atoms with E-state index in [1.54, 1.807) is 12.0 Å². The van der Waals surface area contributed by atoms with Crippen LogP contribution in [0.25, 0.3) is 0 Å². The number of carbonyl (C=O) groups excluding carboxylic acids is 1. The van der Waals surface area contributed by atoms with Crippen molar-refractivity contribution in [3.8, 4) is 5.75 Å². The number of benzene rings is 1. The van der Waals surface area contributed by atoms with E-state index in [1.807, 2.05) is 31.3 Å². The number of nitrogens with one attached hydrogen (secondary N) is 1. The van der Waals surface area contributed by atoms with Crippen LogP contribution in [0.1, 0.15) is 25.7 Å². The summed E-state index contributed by atoms with van der Waals surface area (Å²) in [4.78, 5) is 14.2. The predicted octanol–water partition coefficient (Wildman–Crippen LogP) is 2.19. The van der Waals surface area contributed by atoms with E-state index >= 15 is 0 Å². The fourth-order valence-electron chi connectivity index (χ4n) is 2.42. The second-order valence-corrected chi connectivity index (χ2v) is 4.95. The van der Waals surface area contributed by atoms with Gasteiger partial charge in [-0.2, -0.15) is 0 Å². The number of likely N-dealkylation sites (N-methyl/N-ethyl adjacent to an activating group) is 1. The van der Waals surface area contributed by atoms with Gasteiger partial charge in [0, 0.05) is 18.8 Å². The fourth-order valence-corrected chi connectivity index (χ4v) is 2.42. The summed E-state index contributed by atoms with van der Waals surface area (Å²) >= 11 is 0. The molecule has 4 nitrogen and oxygen atoms in total. The second-order valence-electron chi connectivity index (χ2n) is 4.95. The highest BCUT2D eigenvalue weighted by atomic mass is 16.5. The van der Waals surface area contributed by atoms with E-state index in [4.69, 9.17) is 4.74 Å². The minimum Gasteiger partial charge on any atom is -0.497 e. The Morgan fingerprint density at radius 3 is 3.00 bits per heavy atom. The van der Waals surface area contributed by atoms with Crippen LogP contribution in [0.4, 0.5) is 5.69 Å². The number of rotatable bonds is 3. The molecule has 1 aliphatic heterocycles. The van der Waals surface area contributed by atoms with Crippen molar-refractivity contribution in [3.63, 3.8) is 0 Å². The van der Waals surface area contributed by atoms with Crippen LogP contribution in [0.15, 0.2) is 24.3 Å². The van der Waals surface area contributed by atoms with E-state index in [1.165, 1.54) is 6.42 Å². The van der Waals surface area contributed by atoms with Crippen LogP contribution in [-0.2, 0) is 4.79 Å². The average molecular weight is 262 g/mol. The molecule has 0 aliphatic carbocycles. The van der Waals surface area contributed by atoms with Crippen molar-refractivity contribution in [3.05, 3.63) is 24.3 Å². The van der Waals surface area contributed by atoms with E-state index in [-0.39, 0.29) is 11.9 Å². The van der Waals surface area contributed by atoms with Crippen molar-refractivity contribution in [2.45, 2.75) is 31.7 Å². The lowest BCUT2D eigenvalue weighted by atomic mass is 10.1. The Hall–Kier alpha value is -1.55. The Bertz CT molecular complexity index is 426. The molecule has 1 aromatic rings. The maximum absolute atomic E-state index is 12.5. The molecule has 1 amide bonds. The number of hydrogen-bond donors (Lipinski definition) is 1. The van der Waals surface area contributed by atoms with Crippen molar-refractivity contribution < 1.29 is 9.53 Å². The number of hydrogen-bond acceptors (Lipinski definition) is 3. The van der Waals surface area contributed by atoms with Gasteiger partial charge in [0.15, 0.2) is 0 Å². The highest BCUT2D eigenvalue weighted by Gasteiger charge is 2.23. The summed E-state index contributed by atoms with van der Waals surface area (Å²) in [5.74, 6) is 0.904. The molecule has 104 valence electrons. The molecule has 19 heavy (non-hydrogen) atoms. The number of anilines is 1. The first-order valence-electron chi connectivity index (χ1n) is 6.87. The zero-order valence-corrected chi connectivity index (χ0v) is 11.7. The number of carbonyl (C=O) groups is 1. The standard InChI is InChI=1S/C15H22N2O2/c1-17(12-7-6-8-13(11-12)19-2)15(18)14-9-4-3-5-10-16-14/h6-8,11,14,16H,3-5,9-10H2,1-2H3. The van der Waals surface area contributed by atoms with E-state index < -0.39 is 0 Å². The summed E-state index contributed by atoms with van der Waals surface area (Å²) in [6, 6.07) is 7.54. The van der Waals surface area contributed by atoms with Crippen LogP contribution in [0.5, 0.6) is 5.75 Å². The molecule has 1 fully saturated rings. The first-order chi connectivity index (χ1) is 9.22. The lowest BCUT2D eigenvalue weighted by molar-refractivity contribution is -0.120. The smallest absolute Gasteiger partial charge is 0.243 e. The Balaban J connectivity index is 2.08. The molecule has 0 bridgehead atoms. The molecule has 2 rings (SSSR count). The Morgan fingerprint density at radius 2 is 2.21 bits per heavy atom. The second kappa shape index (κ2) is 6.57. The first kappa shape index (κ1) is 13.9. The molecule has 0 radical (unpaired) electrons. The molecule has 1 N–H and O–H groups in total. The zero-order valence-electron chi connectivity index (χ0n) is 11.7. The molecule has 4 heteroatoms. The monoisotopic (exact) mass is 262 g/mol. The Kier molecular flexibility index (Phi) is 4.80. The van der Waals surface area contributed by atoms with Crippen LogP contribution in [0, 0.1) is 0 Å². The van der Waals surface area contributed by atoms with Gasteiger partial charge in [0.1, 0.15) is 5.75 Å². The highest BCUT2D eigenvalue weighted by molar-refractivity contribution is 5.96. The summed E-state index contributed by atoms with van der Waals surface area (Å²) < 4.78 is 5.20. The third kappa shape index (κ3) is 3.47. The van der Waals surface area contributed by atoms with Crippen LogP contribution in [0.3, 0.4) is 0 Å². The topological polar surface area (TPSA) is 41.6 Å². The van der Waals surface area contributed by atoms with Crippen LogP contribution >= 0.6 is 0 Å². The Morgan fingerprint density at radius 1 is 1.37 bits per heavy atom. The van der Waals surface area contributed by atoms with E-state index in [0.29, 0.717) is 0 Å². The molecular formula is C15H22N2O2. The molecule has 0 spiro atoms. The van der Waals surface area contributed by atoms with E-state index in [2.05, 4.69) is 5.32 Å². The molecule has 1 atom stereocenters. The number of nitrogens with zero attached hydrogens (tertiary/aromatic N) is 1. The summed E-state index contributed by atoms with van der Waals surface area (Å²) in [6.45, 7) is 0.933. The number of methoxy groups -OCH3 is 1. The summed E-state index contributed by atoms with van der Waals surface area (Å²) in [5, 5.41) is 3.34. The highest BCUT2D eigenvalue weighted by Crippen LogP contribution is 2.21. The van der Waals surface area contributed by atoms with Gasteiger partial charge in [0.05, 0.1) is 13.2 Å². The maximum atomic E-state index is 12.5. The van der Waals surface area contributed by atoms with E-state index in [9.17, 15) is 4.79 Å². The molecule has 1 unspecified atom stereocenters. The van der Waals surface area contributed by atoms with Gasteiger partial charge in [-0.1, -0.05) is 18.9 Å². The SMILES string of the molecule is COc1cccc(N(C)C(=O)C2CCCCCN2)c1. The average Bonchev–Trinajstić information content (AvgIpc) is 2.75. The largest absolute Gasteiger partial charge is 0.497 e. The Labute approximate surface area is 114 Å². The van der Waals surface area contributed by atoms with Crippen molar-refractivity contribution in [1.29, 1.82) is 0 Å². The fraction of sp³-hybridized carbons (Fsp3) is 0.533. The van der Waals surface area contributed by atoms with Crippen LogP contribution < -0.4 is 15.0 Å². The van der Waals surface area contributed by atoms with Gasteiger partial charge < -0.3 is 15.0 Å². The molecule has 1 saturated heterocycles. The molecule has 0 aromatic heterocycles. The number of ether oxygens (including phenoxy) is 1. The van der Waals surface area contributed by atoms with Crippen molar-refractivity contribution in [2.75, 3.05) is 25.6 Å². The van der Waals surface area contributed by atoms with Gasteiger partial charge in [-0.05, 0) is 31.5 Å². The van der Waals surface area contributed by atoms with Gasteiger partial charge in [-0.15, -0.1) is 0 Å². The molecule has 1 aromatic carbocycles. The van der Waals surface area contributed by atoms with Gasteiger partial charge in [-0.3, -0.25) is 4.79 Å². The lowest BCUT2D eigenvalue weighted by Crippen LogP contribution is -2.44. The lowest BCUT2D eigenvalue weighted by Gasteiger charge is -2.24. The van der Waals surface area contributed by atoms with E-state index in [0.717, 1.165) is 37.2 Å². The van der Waals surface area contributed by atoms with Crippen molar-refractivity contribution in [2.24, 2.45) is 0 Å². The first-order valence-corrected chi connectivity index (χ1v) is 6.87. The molecule has 1 heterocycles. The van der Waals surface area contributed by atoms with Gasteiger partial charge >= 0.3 is 0 Å². The minimum atomic E-state index is -0.0568. The van der Waals surface area contributed by atoms with Gasteiger partial charge in [-0.25, -0.2) is 0 Å². The van der Waals surface area contributed by atoms with Crippen molar-refractivity contribution in [1.82, 2.24) is 5.32 Å². The van der Waals surface area contributed by atoms with Crippen LogP contribution in [0.2, 0.25) is 0 Å². The number of amides is 1. The minimum absolute atomic E-state index is 0.0568. The molecule has 1 aliphatic rings. The molecular weight excluding hydrogens is 240 g/mol. The quantitative estimate of drug-likeness (QED) is 0.908. The third-order valence-corrected chi connectivity index (χ3v) is 3.63. The van der Waals surface area contributed by atoms with Gasteiger partial charge in [0.2, 0.25) is 5.91 Å². The zero-order chi connectivity index (χ0) is 13.7. The summed E-state index contributed by atoms with van der Waals surface area (Å²) in [5.41, 5.74) is 0.871. The summed E-state index contributed by atoms with van der Waals surface area (Å²) in [7, 11) is 3.46. The predicted molar refractivity (Wildman–Crippen MR) is 76.7 cm³/mol. The van der Waals surface area contributed by atoms with Crippen LogP contribution in [-0.4, -0.2) is 32.7 Å². The third-order valence-electron chi connectivity index (χ3n) is 3.63. The summed E-state index contributed by atoms with van der Waals surface area (Å²) in [6.07, 6.45) is 4.41. The maximum Gasteiger partial charge on any atom is 0.243 e. The van der Waals surface area contributed by atoms with Crippen molar-refractivity contribution >= 4 is 11.6 Å².